The minimum Gasteiger partial charge on any atom is -0.488 e. The summed E-state index contributed by atoms with van der Waals surface area (Å²) < 4.78 is 53.9. The van der Waals surface area contributed by atoms with Gasteiger partial charge in [0.05, 0.1) is 30.7 Å². The summed E-state index contributed by atoms with van der Waals surface area (Å²) >= 11 is 0. The number of nitrogens with zero attached hydrogens (tertiary/aromatic N) is 2. The van der Waals surface area contributed by atoms with Crippen LogP contribution in [0.25, 0.3) is 0 Å². The third-order valence-corrected chi connectivity index (χ3v) is 6.51. The van der Waals surface area contributed by atoms with Crippen LogP contribution in [-0.2, 0) is 21.8 Å². The molecule has 3 heterocycles. The molecule has 11 heteroatoms. The van der Waals surface area contributed by atoms with Crippen LogP contribution in [0, 0.1) is 34.9 Å². The molecule has 1 aromatic heterocycles. The molecule has 2 aliphatic heterocycles. The second-order valence-corrected chi connectivity index (χ2v) is 9.11. The van der Waals surface area contributed by atoms with Gasteiger partial charge in [-0.1, -0.05) is 5.92 Å². The quantitative estimate of drug-likeness (QED) is 0.670. The molecule has 0 saturated carbocycles. The first kappa shape index (κ1) is 21.8. The number of halogens is 1. The van der Waals surface area contributed by atoms with Gasteiger partial charge in [-0.2, -0.15) is 5.26 Å². The maximum Gasteiger partial charge on any atom is 0.276 e. The molecule has 32 heavy (non-hydrogen) atoms. The largest absolute Gasteiger partial charge is 0.488 e. The molecule has 0 spiro atoms. The molecule has 1 atom stereocenters. The van der Waals surface area contributed by atoms with E-state index in [1.807, 2.05) is 0 Å². The molecule has 2 aromatic rings. The number of nitrogens with one attached hydrogen (secondary N) is 2. The van der Waals surface area contributed by atoms with Crippen molar-refractivity contribution in [2.75, 3.05) is 25.1 Å². The first-order chi connectivity index (χ1) is 15.3. The van der Waals surface area contributed by atoms with Crippen LogP contribution in [0.2, 0.25) is 0 Å². The maximum atomic E-state index is 13.5. The van der Waals surface area contributed by atoms with Gasteiger partial charge in [-0.3, -0.25) is 4.79 Å². The number of benzene rings is 1. The number of hydrogen-bond donors (Lipinski definition) is 2. The topological polar surface area (TPSA) is 122 Å². The van der Waals surface area contributed by atoms with Crippen LogP contribution in [-0.4, -0.2) is 44.8 Å². The van der Waals surface area contributed by atoms with E-state index in [0.29, 0.717) is 13.2 Å². The monoisotopic (exact) mass is 458 g/mol. The van der Waals surface area contributed by atoms with E-state index in [-0.39, 0.29) is 46.5 Å². The van der Waals surface area contributed by atoms with Gasteiger partial charge < -0.3 is 19.4 Å². The summed E-state index contributed by atoms with van der Waals surface area (Å²) in [6.45, 7) is 1.14. The van der Waals surface area contributed by atoms with Gasteiger partial charge in [-0.15, -0.1) is 5.92 Å². The average Bonchev–Trinajstić information content (AvgIpc) is 3.00. The number of rotatable bonds is 3. The highest BCUT2D eigenvalue weighted by Crippen LogP contribution is 2.33. The van der Waals surface area contributed by atoms with E-state index in [1.54, 1.807) is 6.07 Å². The highest BCUT2D eigenvalue weighted by atomic mass is 32.2. The lowest BCUT2D eigenvalue weighted by Gasteiger charge is -2.20. The van der Waals surface area contributed by atoms with E-state index in [2.05, 4.69) is 21.9 Å². The van der Waals surface area contributed by atoms with Crippen molar-refractivity contribution in [1.29, 1.82) is 5.26 Å². The number of aromatic nitrogens is 1. The van der Waals surface area contributed by atoms with Crippen molar-refractivity contribution >= 4 is 21.6 Å². The first-order valence-corrected chi connectivity index (χ1v) is 11.2. The van der Waals surface area contributed by atoms with Gasteiger partial charge >= 0.3 is 0 Å². The van der Waals surface area contributed by atoms with Crippen LogP contribution in [0.4, 0.5) is 10.1 Å². The summed E-state index contributed by atoms with van der Waals surface area (Å²) in [6, 6.07) is 4.67. The Labute approximate surface area is 184 Å². The fraction of sp³-hybridized carbons (Fsp3) is 0.333. The van der Waals surface area contributed by atoms with Crippen molar-refractivity contribution in [2.24, 2.45) is 13.0 Å². The Morgan fingerprint density at radius 1 is 1.38 bits per heavy atom. The van der Waals surface area contributed by atoms with Crippen LogP contribution >= 0.6 is 0 Å². The van der Waals surface area contributed by atoms with E-state index in [0.717, 1.165) is 6.07 Å². The molecule has 166 valence electrons. The molecule has 9 nitrogen and oxygen atoms in total. The first-order valence-electron chi connectivity index (χ1n) is 9.70. The minimum atomic E-state index is -3.96. The number of carbonyl (C=O) groups is 1. The van der Waals surface area contributed by atoms with Gasteiger partial charge in [0.1, 0.15) is 23.4 Å². The molecule has 2 aliphatic rings. The van der Waals surface area contributed by atoms with Gasteiger partial charge in [0.2, 0.25) is 10.0 Å². The summed E-state index contributed by atoms with van der Waals surface area (Å²) in [4.78, 5) is 12.7. The van der Waals surface area contributed by atoms with Gasteiger partial charge in [0, 0.05) is 25.4 Å². The second-order valence-electron chi connectivity index (χ2n) is 7.43. The van der Waals surface area contributed by atoms with Crippen molar-refractivity contribution in [2.45, 2.75) is 17.4 Å². The number of hydrogen-bond acceptors (Lipinski definition) is 6. The third kappa shape index (κ3) is 4.32. The van der Waals surface area contributed by atoms with Crippen molar-refractivity contribution in [3.63, 3.8) is 0 Å². The summed E-state index contributed by atoms with van der Waals surface area (Å²) in [7, 11) is -2.44. The maximum absolute atomic E-state index is 13.5. The zero-order valence-electron chi connectivity index (χ0n) is 17.0. The predicted molar refractivity (Wildman–Crippen MR) is 111 cm³/mol. The molecule has 1 amide bonds. The molecule has 4 rings (SSSR count). The normalized spacial score (nSPS) is 19.2. The number of nitriles is 1. The zero-order chi connectivity index (χ0) is 22.9. The number of anilines is 1. The number of ether oxygens (including phenoxy) is 2. The third-order valence-electron chi connectivity index (χ3n) is 5.00. The number of sulfonamides is 1. The standard InChI is InChI=1S/C21H19FN4O5S/c1-26-9-18-20(19(26)21(27)24-15-5-6-17(22)14(7-15)8-23)31-12-16(25-32(18,28)29)4-2-3-13-10-30-11-13/h5-7,9,13,16,25H,4,10-12H2,1H3,(H,24,27). The lowest BCUT2D eigenvalue weighted by atomic mass is 10.1. The van der Waals surface area contributed by atoms with Crippen LogP contribution in [0.15, 0.2) is 29.3 Å². The van der Waals surface area contributed by atoms with Crippen molar-refractivity contribution in [1.82, 2.24) is 9.29 Å². The summed E-state index contributed by atoms with van der Waals surface area (Å²) in [5, 5.41) is 11.5. The van der Waals surface area contributed by atoms with E-state index < -0.39 is 27.8 Å². The minimum absolute atomic E-state index is 0.0124. The SMILES string of the molecule is Cn1cc2c(c1C(=O)Nc1ccc(F)c(C#N)c1)OCC(CC#CC1COC1)NS2(=O)=O. The lowest BCUT2D eigenvalue weighted by molar-refractivity contribution is -0.00306. The molecule has 1 saturated heterocycles. The van der Waals surface area contributed by atoms with E-state index in [4.69, 9.17) is 14.7 Å². The van der Waals surface area contributed by atoms with Crippen LogP contribution in [0.5, 0.6) is 5.75 Å². The van der Waals surface area contributed by atoms with Crippen molar-refractivity contribution < 1.29 is 27.1 Å². The smallest absolute Gasteiger partial charge is 0.276 e. The van der Waals surface area contributed by atoms with E-state index in [9.17, 15) is 17.6 Å². The summed E-state index contributed by atoms with van der Waals surface area (Å²) in [5.74, 6) is 4.70. The molecule has 2 N–H and O–H groups in total. The van der Waals surface area contributed by atoms with Gasteiger partial charge in [-0.05, 0) is 18.2 Å². The Morgan fingerprint density at radius 3 is 2.84 bits per heavy atom. The van der Waals surface area contributed by atoms with Crippen LogP contribution in [0.3, 0.4) is 0 Å². The number of fused-ring (bicyclic) bond motifs is 1. The summed E-state index contributed by atoms with van der Waals surface area (Å²) in [6.07, 6.45) is 1.54. The Balaban J connectivity index is 1.57. The van der Waals surface area contributed by atoms with Crippen LogP contribution in [0.1, 0.15) is 22.5 Å². The molecule has 0 radical (unpaired) electrons. The Bertz CT molecular complexity index is 1280. The zero-order valence-corrected chi connectivity index (χ0v) is 17.8. The van der Waals surface area contributed by atoms with Crippen molar-refractivity contribution in [3.05, 3.63) is 41.5 Å². The molecular formula is C21H19FN4O5S. The summed E-state index contributed by atoms with van der Waals surface area (Å²) in [5.41, 5.74) is -0.0638. The Hall–Kier alpha value is -3.38. The fourth-order valence-electron chi connectivity index (χ4n) is 3.30. The fourth-order valence-corrected chi connectivity index (χ4v) is 4.71. The average molecular weight is 458 g/mol. The predicted octanol–water partition coefficient (Wildman–Crippen LogP) is 1.37. The van der Waals surface area contributed by atoms with Gasteiger partial charge in [-0.25, -0.2) is 17.5 Å². The molecular weight excluding hydrogens is 439 g/mol. The number of aryl methyl sites for hydroxylation is 1. The molecule has 1 unspecified atom stereocenters. The molecule has 0 aliphatic carbocycles. The van der Waals surface area contributed by atoms with Crippen LogP contribution < -0.4 is 14.8 Å². The highest BCUT2D eigenvalue weighted by molar-refractivity contribution is 7.89. The van der Waals surface area contributed by atoms with Gasteiger partial charge in [0.25, 0.3) is 5.91 Å². The second kappa shape index (κ2) is 8.63. The number of carbonyl (C=O) groups excluding carboxylic acids is 1. The highest BCUT2D eigenvalue weighted by Gasteiger charge is 2.34. The Kier molecular flexibility index (Phi) is 5.89. The lowest BCUT2D eigenvalue weighted by Crippen LogP contribution is -2.36. The molecule has 0 bridgehead atoms. The number of amides is 1. The Morgan fingerprint density at radius 2 is 2.16 bits per heavy atom. The van der Waals surface area contributed by atoms with E-state index in [1.165, 1.54) is 29.9 Å². The van der Waals surface area contributed by atoms with Gasteiger partial charge in [0.15, 0.2) is 11.4 Å². The van der Waals surface area contributed by atoms with Crippen molar-refractivity contribution in [3.8, 4) is 23.7 Å². The molecule has 1 fully saturated rings. The van der Waals surface area contributed by atoms with E-state index >= 15 is 0 Å². The molecule has 1 aromatic carbocycles.